The molecule has 96 valence electrons. The van der Waals surface area contributed by atoms with Crippen molar-refractivity contribution in [2.24, 2.45) is 0 Å². The normalized spacial score (nSPS) is 12.6. The number of hydrogen-bond acceptors (Lipinski definition) is 3. The number of likely N-dealkylation sites (N-methyl/N-ethyl adjacent to an activating group) is 1. The lowest BCUT2D eigenvalue weighted by molar-refractivity contribution is 0.548. The number of aromatic nitrogens is 1. The van der Waals surface area contributed by atoms with Crippen LogP contribution in [0, 0.1) is 6.92 Å². The number of halogens is 1. The van der Waals surface area contributed by atoms with Crippen molar-refractivity contribution < 1.29 is 0 Å². The van der Waals surface area contributed by atoms with Crippen molar-refractivity contribution in [1.29, 1.82) is 0 Å². The van der Waals surface area contributed by atoms with Gasteiger partial charge in [-0.1, -0.05) is 28.9 Å². The van der Waals surface area contributed by atoms with Gasteiger partial charge >= 0.3 is 0 Å². The number of aryl methyl sites for hydroxylation is 1. The van der Waals surface area contributed by atoms with Crippen LogP contribution < -0.4 is 5.32 Å². The van der Waals surface area contributed by atoms with Gasteiger partial charge in [0, 0.05) is 28.5 Å². The van der Waals surface area contributed by atoms with Crippen LogP contribution in [-0.4, -0.2) is 11.5 Å². The minimum Gasteiger partial charge on any atom is -0.310 e. The maximum atomic E-state index is 4.38. The summed E-state index contributed by atoms with van der Waals surface area (Å²) in [5.74, 6) is 0. The third-order valence-corrected chi connectivity index (χ3v) is 4.04. The summed E-state index contributed by atoms with van der Waals surface area (Å²) in [6.45, 7) is 5.22. The summed E-state index contributed by atoms with van der Waals surface area (Å²) in [4.78, 5) is 4.38. The molecule has 0 aliphatic carbocycles. The summed E-state index contributed by atoms with van der Waals surface area (Å²) in [5.41, 5.74) is 2.60. The van der Waals surface area contributed by atoms with Gasteiger partial charge in [0.15, 0.2) is 0 Å². The van der Waals surface area contributed by atoms with Gasteiger partial charge < -0.3 is 5.32 Å². The number of rotatable bonds is 5. The topological polar surface area (TPSA) is 24.9 Å². The van der Waals surface area contributed by atoms with Gasteiger partial charge in [-0.15, -0.1) is 11.3 Å². The molecule has 1 heterocycles. The van der Waals surface area contributed by atoms with E-state index in [2.05, 4.69) is 58.3 Å². The fourth-order valence-electron chi connectivity index (χ4n) is 2.05. The van der Waals surface area contributed by atoms with Gasteiger partial charge in [0.25, 0.3) is 0 Å². The standard InChI is InChI=1S/C14H17BrN2S/c1-3-16-13(9-14-17-4-5-18-14)11-6-10(2)7-12(15)8-11/h4-8,13,16H,3,9H2,1-2H3. The molecule has 0 bridgehead atoms. The van der Waals surface area contributed by atoms with Crippen LogP contribution in [0.3, 0.4) is 0 Å². The second-order valence-corrected chi connectivity index (χ2v) is 6.20. The molecule has 2 aromatic rings. The summed E-state index contributed by atoms with van der Waals surface area (Å²) in [7, 11) is 0. The molecule has 0 aliphatic heterocycles. The first-order chi connectivity index (χ1) is 8.69. The first-order valence-corrected chi connectivity index (χ1v) is 7.75. The summed E-state index contributed by atoms with van der Waals surface area (Å²) < 4.78 is 1.14. The predicted octanol–water partition coefficient (Wildman–Crippen LogP) is 4.11. The van der Waals surface area contributed by atoms with Crippen molar-refractivity contribution >= 4 is 27.3 Å². The highest BCUT2D eigenvalue weighted by molar-refractivity contribution is 9.10. The molecule has 1 unspecified atom stereocenters. The molecule has 2 nitrogen and oxygen atoms in total. The number of nitrogens with zero attached hydrogens (tertiary/aromatic N) is 1. The fraction of sp³-hybridized carbons (Fsp3) is 0.357. The molecule has 0 fully saturated rings. The first kappa shape index (κ1) is 13.7. The number of benzene rings is 1. The maximum absolute atomic E-state index is 4.38. The van der Waals surface area contributed by atoms with E-state index in [-0.39, 0.29) is 0 Å². The van der Waals surface area contributed by atoms with Crippen molar-refractivity contribution in [1.82, 2.24) is 10.3 Å². The predicted molar refractivity (Wildman–Crippen MR) is 81.1 cm³/mol. The lowest BCUT2D eigenvalue weighted by atomic mass is 10.0. The SMILES string of the molecule is CCNC(Cc1nccs1)c1cc(C)cc(Br)c1. The summed E-state index contributed by atoms with van der Waals surface area (Å²) in [6.07, 6.45) is 2.82. The maximum Gasteiger partial charge on any atom is 0.0943 e. The van der Waals surface area contributed by atoms with E-state index >= 15 is 0 Å². The van der Waals surface area contributed by atoms with E-state index in [0.29, 0.717) is 6.04 Å². The van der Waals surface area contributed by atoms with Crippen LogP contribution >= 0.6 is 27.3 Å². The lowest BCUT2D eigenvalue weighted by Crippen LogP contribution is -2.23. The smallest absolute Gasteiger partial charge is 0.0943 e. The van der Waals surface area contributed by atoms with Crippen LogP contribution in [0.15, 0.2) is 34.2 Å². The largest absolute Gasteiger partial charge is 0.310 e. The highest BCUT2D eigenvalue weighted by Gasteiger charge is 2.13. The number of nitrogens with one attached hydrogen (secondary N) is 1. The molecule has 0 spiro atoms. The van der Waals surface area contributed by atoms with E-state index in [0.717, 1.165) is 17.4 Å². The summed E-state index contributed by atoms with van der Waals surface area (Å²) in [5, 5.41) is 6.75. The van der Waals surface area contributed by atoms with Gasteiger partial charge in [0.05, 0.1) is 5.01 Å². The third-order valence-electron chi connectivity index (χ3n) is 2.78. The minimum atomic E-state index is 0.331. The van der Waals surface area contributed by atoms with Gasteiger partial charge in [-0.2, -0.15) is 0 Å². The molecule has 2 rings (SSSR count). The van der Waals surface area contributed by atoms with E-state index < -0.39 is 0 Å². The Kier molecular flexibility index (Phi) is 4.92. The molecule has 0 radical (unpaired) electrons. The molecule has 18 heavy (non-hydrogen) atoms. The molecular formula is C14H17BrN2S. The lowest BCUT2D eigenvalue weighted by Gasteiger charge is -2.18. The first-order valence-electron chi connectivity index (χ1n) is 6.08. The van der Waals surface area contributed by atoms with Crippen LogP contribution in [0.4, 0.5) is 0 Å². The van der Waals surface area contributed by atoms with Gasteiger partial charge in [-0.25, -0.2) is 4.98 Å². The second kappa shape index (κ2) is 6.45. The Morgan fingerprint density at radius 1 is 1.39 bits per heavy atom. The van der Waals surface area contributed by atoms with E-state index in [1.807, 2.05) is 11.6 Å². The zero-order chi connectivity index (χ0) is 13.0. The van der Waals surface area contributed by atoms with E-state index in [4.69, 9.17) is 0 Å². The van der Waals surface area contributed by atoms with Crippen LogP contribution in [0.1, 0.15) is 29.1 Å². The van der Waals surface area contributed by atoms with Crippen molar-refractivity contribution in [2.45, 2.75) is 26.3 Å². The Morgan fingerprint density at radius 3 is 2.83 bits per heavy atom. The molecule has 1 atom stereocenters. The Morgan fingerprint density at radius 2 is 2.22 bits per heavy atom. The molecule has 1 aromatic heterocycles. The molecule has 4 heteroatoms. The summed E-state index contributed by atoms with van der Waals surface area (Å²) >= 11 is 5.29. The molecule has 0 aliphatic rings. The van der Waals surface area contributed by atoms with Crippen LogP contribution in [0.5, 0.6) is 0 Å². The van der Waals surface area contributed by atoms with Gasteiger partial charge in [-0.3, -0.25) is 0 Å². The van der Waals surface area contributed by atoms with Crippen molar-refractivity contribution in [3.63, 3.8) is 0 Å². The molecule has 0 saturated carbocycles. The second-order valence-electron chi connectivity index (χ2n) is 4.30. The Labute approximate surface area is 121 Å². The van der Waals surface area contributed by atoms with E-state index in [1.54, 1.807) is 11.3 Å². The Bertz CT molecular complexity index is 476. The molecular weight excluding hydrogens is 308 g/mol. The van der Waals surface area contributed by atoms with Crippen LogP contribution in [0.2, 0.25) is 0 Å². The number of hydrogen-bond donors (Lipinski definition) is 1. The zero-order valence-corrected chi connectivity index (χ0v) is 13.0. The van der Waals surface area contributed by atoms with Crippen molar-refractivity contribution in [3.8, 4) is 0 Å². The molecule has 0 saturated heterocycles. The van der Waals surface area contributed by atoms with E-state index in [1.165, 1.54) is 16.1 Å². The van der Waals surface area contributed by atoms with Gasteiger partial charge in [-0.05, 0) is 36.7 Å². The molecule has 1 aromatic carbocycles. The monoisotopic (exact) mass is 324 g/mol. The van der Waals surface area contributed by atoms with Crippen LogP contribution in [0.25, 0.3) is 0 Å². The Hall–Kier alpha value is -0.710. The van der Waals surface area contributed by atoms with Crippen molar-refractivity contribution in [3.05, 3.63) is 50.4 Å². The fourth-order valence-corrected chi connectivity index (χ4v) is 3.34. The Balaban J connectivity index is 2.23. The van der Waals surface area contributed by atoms with E-state index in [9.17, 15) is 0 Å². The summed E-state index contributed by atoms with van der Waals surface area (Å²) in [6, 6.07) is 6.90. The highest BCUT2D eigenvalue weighted by Crippen LogP contribution is 2.24. The quantitative estimate of drug-likeness (QED) is 0.895. The number of thiazole rings is 1. The minimum absolute atomic E-state index is 0.331. The zero-order valence-electron chi connectivity index (χ0n) is 10.6. The van der Waals surface area contributed by atoms with Crippen LogP contribution in [-0.2, 0) is 6.42 Å². The average molecular weight is 325 g/mol. The van der Waals surface area contributed by atoms with Gasteiger partial charge in [0.1, 0.15) is 0 Å². The average Bonchev–Trinajstić information content (AvgIpc) is 2.80. The van der Waals surface area contributed by atoms with Crippen molar-refractivity contribution in [2.75, 3.05) is 6.54 Å². The molecule has 1 N–H and O–H groups in total. The highest BCUT2D eigenvalue weighted by atomic mass is 79.9. The third kappa shape index (κ3) is 3.64. The van der Waals surface area contributed by atoms with Gasteiger partial charge in [0.2, 0.25) is 0 Å². The molecule has 0 amide bonds.